The number of carboxylic acid groups (broad SMARTS) is 1. The number of aliphatic hydroxyl groups is 1. The Morgan fingerprint density at radius 3 is 2.52 bits per heavy atom. The highest BCUT2D eigenvalue weighted by molar-refractivity contribution is 5.92. The van der Waals surface area contributed by atoms with E-state index in [1.54, 1.807) is 0 Å². The number of nitrogens with one attached hydrogen (secondary N) is 1. The van der Waals surface area contributed by atoms with E-state index in [0.29, 0.717) is 6.61 Å². The van der Waals surface area contributed by atoms with Crippen molar-refractivity contribution < 1.29 is 34.4 Å². The summed E-state index contributed by atoms with van der Waals surface area (Å²) in [5.74, 6) is -1.19. The molecule has 9 heteroatoms. The number of ether oxygens (including phenoxy) is 2. The van der Waals surface area contributed by atoms with Crippen LogP contribution in [0, 0.1) is 0 Å². The predicted octanol–water partition coefficient (Wildman–Crippen LogP) is -0.865. The van der Waals surface area contributed by atoms with Crippen LogP contribution in [0.4, 0.5) is 0 Å². The molecule has 1 amide bonds. The molecule has 2 saturated heterocycles. The van der Waals surface area contributed by atoms with Crippen molar-refractivity contribution in [3.05, 3.63) is 24.0 Å². The van der Waals surface area contributed by atoms with Gasteiger partial charge in [-0.2, -0.15) is 0 Å². The second-order valence-corrected chi connectivity index (χ2v) is 5.16. The summed E-state index contributed by atoms with van der Waals surface area (Å²) in [4.78, 5) is 24.8. The van der Waals surface area contributed by atoms with Gasteiger partial charge in [0.25, 0.3) is 11.9 Å². The van der Waals surface area contributed by atoms with Crippen LogP contribution < -0.4 is 5.32 Å². The fourth-order valence-electron chi connectivity index (χ4n) is 2.37. The number of carbonyl (C=O) groups excluding carboxylic acids is 1. The second-order valence-electron chi connectivity index (χ2n) is 5.16. The molecule has 9 nitrogen and oxygen atoms in total. The molecule has 23 heavy (non-hydrogen) atoms. The Hall–Kier alpha value is -2.23. The maximum absolute atomic E-state index is 12.0. The molecule has 126 valence electrons. The molecule has 3 heterocycles. The van der Waals surface area contributed by atoms with Gasteiger partial charge in [0.1, 0.15) is 29.8 Å². The normalized spacial score (nSPS) is 28.4. The van der Waals surface area contributed by atoms with Gasteiger partial charge in [-0.15, -0.1) is 0 Å². The number of hydrogen-bond acceptors (Lipinski definition) is 7. The lowest BCUT2D eigenvalue weighted by Gasteiger charge is -2.17. The van der Waals surface area contributed by atoms with Crippen molar-refractivity contribution in [1.29, 1.82) is 0 Å². The van der Waals surface area contributed by atoms with E-state index in [-0.39, 0.29) is 42.2 Å². The van der Waals surface area contributed by atoms with E-state index in [1.165, 1.54) is 18.3 Å². The molecule has 1 aromatic heterocycles. The number of nitrogens with zero attached hydrogens (tertiary/aromatic N) is 1. The van der Waals surface area contributed by atoms with Crippen molar-refractivity contribution in [1.82, 2.24) is 10.3 Å². The van der Waals surface area contributed by atoms with Crippen molar-refractivity contribution >= 4 is 11.9 Å². The first-order chi connectivity index (χ1) is 10.9. The fraction of sp³-hybridized carbons (Fsp3) is 0.500. The molecule has 0 radical (unpaired) electrons. The topological polar surface area (TPSA) is 138 Å². The molecule has 2 aliphatic heterocycles. The van der Waals surface area contributed by atoms with Gasteiger partial charge in [-0.1, -0.05) is 0 Å². The third-order valence-electron chi connectivity index (χ3n) is 3.32. The largest absolute Gasteiger partial charge is 0.506 e. The SMILES string of the molecule is CC(=O)O.O=C(N[C@@H]1CO[C@H]2[C@@H]1OC[C@H]2O)c1ccc(O)cn1. The summed E-state index contributed by atoms with van der Waals surface area (Å²) in [6.07, 6.45) is -0.133. The maximum atomic E-state index is 12.0. The van der Waals surface area contributed by atoms with Crippen LogP contribution in [0.5, 0.6) is 5.75 Å². The number of carboxylic acids is 1. The molecular formula is C14H18N2O7. The Kier molecular flexibility index (Phi) is 5.48. The molecular weight excluding hydrogens is 308 g/mol. The lowest BCUT2D eigenvalue weighted by molar-refractivity contribution is -0.134. The van der Waals surface area contributed by atoms with Crippen LogP contribution in [-0.2, 0) is 14.3 Å². The summed E-state index contributed by atoms with van der Waals surface area (Å²) in [5.41, 5.74) is 0.208. The summed E-state index contributed by atoms with van der Waals surface area (Å²) >= 11 is 0. The van der Waals surface area contributed by atoms with E-state index in [9.17, 15) is 9.90 Å². The van der Waals surface area contributed by atoms with E-state index in [4.69, 9.17) is 24.5 Å². The van der Waals surface area contributed by atoms with Gasteiger partial charge in [0.2, 0.25) is 0 Å². The van der Waals surface area contributed by atoms with Gasteiger partial charge in [-0.05, 0) is 12.1 Å². The van der Waals surface area contributed by atoms with Crippen LogP contribution in [0.2, 0.25) is 0 Å². The molecule has 1 aromatic rings. The number of amides is 1. The quantitative estimate of drug-likeness (QED) is 0.550. The number of fused-ring (bicyclic) bond motifs is 1. The molecule has 2 fully saturated rings. The van der Waals surface area contributed by atoms with Gasteiger partial charge in [-0.3, -0.25) is 9.59 Å². The highest BCUT2D eigenvalue weighted by Crippen LogP contribution is 2.27. The summed E-state index contributed by atoms with van der Waals surface area (Å²) in [7, 11) is 0. The number of hydrogen-bond donors (Lipinski definition) is 4. The molecule has 0 aromatic carbocycles. The molecule has 3 rings (SSSR count). The number of aromatic hydroxyl groups is 1. The zero-order chi connectivity index (χ0) is 17.0. The maximum Gasteiger partial charge on any atom is 0.300 e. The molecule has 2 aliphatic rings. The average molecular weight is 326 g/mol. The van der Waals surface area contributed by atoms with E-state index in [0.717, 1.165) is 6.92 Å². The fourth-order valence-corrected chi connectivity index (χ4v) is 2.37. The van der Waals surface area contributed by atoms with Crippen LogP contribution in [0.3, 0.4) is 0 Å². The first-order valence-corrected chi connectivity index (χ1v) is 6.95. The number of pyridine rings is 1. The number of aliphatic hydroxyl groups excluding tert-OH is 1. The molecule has 4 atom stereocenters. The third-order valence-corrected chi connectivity index (χ3v) is 3.32. The lowest BCUT2D eigenvalue weighted by atomic mass is 10.1. The Labute approximate surface area is 131 Å². The molecule has 0 spiro atoms. The van der Waals surface area contributed by atoms with Gasteiger partial charge in [0.05, 0.1) is 25.5 Å². The number of aromatic nitrogens is 1. The van der Waals surface area contributed by atoms with Crippen molar-refractivity contribution in [2.75, 3.05) is 13.2 Å². The van der Waals surface area contributed by atoms with Crippen molar-refractivity contribution in [2.45, 2.75) is 31.3 Å². The minimum absolute atomic E-state index is 0.00284. The molecule has 0 unspecified atom stereocenters. The summed E-state index contributed by atoms with van der Waals surface area (Å²) < 4.78 is 10.8. The molecule has 0 aliphatic carbocycles. The molecule has 4 N–H and O–H groups in total. The number of rotatable bonds is 2. The van der Waals surface area contributed by atoms with Crippen molar-refractivity contribution in [3.8, 4) is 5.75 Å². The number of carbonyl (C=O) groups is 2. The van der Waals surface area contributed by atoms with E-state index < -0.39 is 12.1 Å². The van der Waals surface area contributed by atoms with Crippen LogP contribution >= 0.6 is 0 Å². The van der Waals surface area contributed by atoms with Gasteiger partial charge in [-0.25, -0.2) is 4.98 Å². The van der Waals surface area contributed by atoms with Crippen LogP contribution in [-0.4, -0.2) is 69.7 Å². The lowest BCUT2D eigenvalue weighted by Crippen LogP contribution is -2.44. The van der Waals surface area contributed by atoms with Crippen LogP contribution in [0.15, 0.2) is 18.3 Å². The highest BCUT2D eigenvalue weighted by atomic mass is 16.6. The number of aliphatic carboxylic acids is 1. The predicted molar refractivity (Wildman–Crippen MR) is 76.0 cm³/mol. The van der Waals surface area contributed by atoms with Crippen molar-refractivity contribution in [2.24, 2.45) is 0 Å². The van der Waals surface area contributed by atoms with E-state index in [2.05, 4.69) is 10.3 Å². The highest BCUT2D eigenvalue weighted by Gasteiger charge is 2.47. The zero-order valence-corrected chi connectivity index (χ0v) is 12.4. The summed E-state index contributed by atoms with van der Waals surface area (Å²) in [5, 5.41) is 28.9. The molecule has 0 bridgehead atoms. The average Bonchev–Trinajstić information content (AvgIpc) is 3.03. The van der Waals surface area contributed by atoms with Crippen LogP contribution in [0.25, 0.3) is 0 Å². The minimum Gasteiger partial charge on any atom is -0.506 e. The van der Waals surface area contributed by atoms with Gasteiger partial charge < -0.3 is 30.1 Å². The summed E-state index contributed by atoms with van der Waals surface area (Å²) in [6.45, 7) is 1.61. The Balaban J connectivity index is 0.000000433. The van der Waals surface area contributed by atoms with Gasteiger partial charge >= 0.3 is 0 Å². The Bertz CT molecular complexity index is 559. The first kappa shape index (κ1) is 17.1. The van der Waals surface area contributed by atoms with E-state index in [1.807, 2.05) is 0 Å². The second kappa shape index (κ2) is 7.36. The standard InChI is InChI=1S/C12H14N2O5.C2H4O2/c15-6-1-2-7(13-3-6)12(17)14-8-4-18-11-9(16)5-19-10(8)11;1-2(3)4/h1-3,8-11,15-16H,4-5H2,(H,14,17);1H3,(H,3,4)/t8-,9-,10-,11-;/m1./s1. The van der Waals surface area contributed by atoms with Gasteiger partial charge in [0, 0.05) is 6.92 Å². The van der Waals surface area contributed by atoms with Gasteiger partial charge in [0.15, 0.2) is 0 Å². The first-order valence-electron chi connectivity index (χ1n) is 6.95. The Morgan fingerprint density at radius 2 is 1.91 bits per heavy atom. The zero-order valence-electron chi connectivity index (χ0n) is 12.4. The minimum atomic E-state index is -0.833. The Morgan fingerprint density at radius 1 is 1.26 bits per heavy atom. The molecule has 0 saturated carbocycles. The monoisotopic (exact) mass is 326 g/mol. The smallest absolute Gasteiger partial charge is 0.300 e. The van der Waals surface area contributed by atoms with Crippen LogP contribution in [0.1, 0.15) is 17.4 Å². The summed E-state index contributed by atoms with van der Waals surface area (Å²) in [6, 6.07) is 2.53. The van der Waals surface area contributed by atoms with E-state index >= 15 is 0 Å². The van der Waals surface area contributed by atoms with Crippen molar-refractivity contribution in [3.63, 3.8) is 0 Å². The third kappa shape index (κ3) is 4.38.